The Morgan fingerprint density at radius 2 is 2.10 bits per heavy atom. The first-order valence-electron chi connectivity index (χ1n) is 6.54. The molecule has 0 bridgehead atoms. The molecule has 0 saturated heterocycles. The number of carbonyl (C=O) groups is 2. The minimum Gasteiger partial charge on any atom is -0.483 e. The third kappa shape index (κ3) is 3.72. The summed E-state index contributed by atoms with van der Waals surface area (Å²) in [5.41, 5.74) is 0. The summed E-state index contributed by atoms with van der Waals surface area (Å²) in [7, 11) is 1.35. The van der Waals surface area contributed by atoms with Crippen molar-refractivity contribution in [1.82, 2.24) is 5.32 Å². The van der Waals surface area contributed by atoms with E-state index in [9.17, 15) is 9.59 Å². The molecule has 0 aliphatic heterocycles. The topological polar surface area (TPSA) is 64.6 Å². The number of ether oxygens (including phenoxy) is 2. The van der Waals surface area contributed by atoms with Gasteiger partial charge in [0.15, 0.2) is 6.61 Å². The third-order valence-corrected chi connectivity index (χ3v) is 3.80. The van der Waals surface area contributed by atoms with Crippen molar-refractivity contribution in [3.8, 4) is 5.75 Å². The van der Waals surface area contributed by atoms with Gasteiger partial charge in [-0.3, -0.25) is 4.79 Å². The Hall–Kier alpha value is -2.08. The summed E-state index contributed by atoms with van der Waals surface area (Å²) in [4.78, 5) is 23.7. The van der Waals surface area contributed by atoms with Crippen LogP contribution in [0.4, 0.5) is 0 Å². The fourth-order valence-electron chi connectivity index (χ4n) is 1.87. The second-order valence-electron chi connectivity index (χ2n) is 4.78. The molecule has 1 heterocycles. The van der Waals surface area contributed by atoms with E-state index < -0.39 is 0 Å². The maximum Gasteiger partial charge on any atom is 0.348 e. The Bertz CT molecular complexity index is 663. The zero-order valence-electron chi connectivity index (χ0n) is 12.1. The third-order valence-electron chi connectivity index (χ3n) is 2.72. The van der Waals surface area contributed by atoms with E-state index in [0.717, 1.165) is 10.1 Å². The lowest BCUT2D eigenvalue weighted by molar-refractivity contribution is -0.123. The van der Waals surface area contributed by atoms with E-state index in [-0.39, 0.29) is 24.5 Å². The van der Waals surface area contributed by atoms with E-state index in [2.05, 4.69) is 5.32 Å². The van der Waals surface area contributed by atoms with Crippen LogP contribution in [0.3, 0.4) is 0 Å². The van der Waals surface area contributed by atoms with Gasteiger partial charge in [0.1, 0.15) is 10.6 Å². The first-order chi connectivity index (χ1) is 10.0. The molecular weight excluding hydrogens is 290 g/mol. The van der Waals surface area contributed by atoms with E-state index in [4.69, 9.17) is 9.47 Å². The number of rotatable bonds is 5. The molecule has 0 spiro atoms. The number of methoxy groups -OCH3 is 1. The van der Waals surface area contributed by atoms with Crippen LogP contribution in [0.15, 0.2) is 24.3 Å². The molecule has 0 atom stereocenters. The fraction of sp³-hybridized carbons (Fsp3) is 0.333. The maximum atomic E-state index is 11.6. The molecule has 112 valence electrons. The summed E-state index contributed by atoms with van der Waals surface area (Å²) in [5.74, 6) is 0.0305. The molecule has 1 aromatic heterocycles. The average Bonchev–Trinajstić information content (AvgIpc) is 2.88. The number of hydrogen-bond donors (Lipinski definition) is 1. The molecule has 0 radical (unpaired) electrons. The standard InChI is InChI=1S/C15H17NO4S/c1-9(2)16-14(17)8-20-11-5-4-6-12-10(11)7-13(21-12)15(18)19-3/h4-7,9H,8H2,1-3H3,(H,16,17). The monoisotopic (exact) mass is 307 g/mol. The largest absolute Gasteiger partial charge is 0.483 e. The first-order valence-corrected chi connectivity index (χ1v) is 7.36. The van der Waals surface area contributed by atoms with Gasteiger partial charge in [-0.15, -0.1) is 11.3 Å². The summed E-state index contributed by atoms with van der Waals surface area (Å²) in [6.45, 7) is 3.72. The molecule has 5 nitrogen and oxygen atoms in total. The number of nitrogens with one attached hydrogen (secondary N) is 1. The molecule has 1 aromatic carbocycles. The SMILES string of the molecule is COC(=O)c1cc2c(OCC(=O)NC(C)C)cccc2s1. The minimum absolute atomic E-state index is 0.0549. The molecule has 1 N–H and O–H groups in total. The molecule has 0 fully saturated rings. The van der Waals surface area contributed by atoms with Gasteiger partial charge in [0, 0.05) is 16.1 Å². The summed E-state index contributed by atoms with van der Waals surface area (Å²) in [5, 5.41) is 3.56. The molecular formula is C15H17NO4S. The van der Waals surface area contributed by atoms with E-state index >= 15 is 0 Å². The summed E-state index contributed by atoms with van der Waals surface area (Å²) < 4.78 is 11.2. The highest BCUT2D eigenvalue weighted by molar-refractivity contribution is 7.20. The van der Waals surface area contributed by atoms with Crippen molar-refractivity contribution in [2.45, 2.75) is 19.9 Å². The van der Waals surface area contributed by atoms with Gasteiger partial charge in [0.2, 0.25) is 0 Å². The van der Waals surface area contributed by atoms with Gasteiger partial charge in [-0.1, -0.05) is 6.07 Å². The normalized spacial score (nSPS) is 10.7. The van der Waals surface area contributed by atoms with Crippen LogP contribution in [0.25, 0.3) is 10.1 Å². The van der Waals surface area contributed by atoms with Crippen LogP contribution in [0, 0.1) is 0 Å². The van der Waals surface area contributed by atoms with E-state index in [1.165, 1.54) is 18.4 Å². The smallest absolute Gasteiger partial charge is 0.348 e. The number of fused-ring (bicyclic) bond motifs is 1. The number of thiophene rings is 1. The van der Waals surface area contributed by atoms with Crippen LogP contribution >= 0.6 is 11.3 Å². The lowest BCUT2D eigenvalue weighted by Crippen LogP contribution is -2.34. The number of esters is 1. The molecule has 21 heavy (non-hydrogen) atoms. The predicted octanol–water partition coefficient (Wildman–Crippen LogP) is 2.59. The number of hydrogen-bond acceptors (Lipinski definition) is 5. The maximum absolute atomic E-state index is 11.6. The average molecular weight is 307 g/mol. The van der Waals surface area contributed by atoms with Crippen molar-refractivity contribution in [2.75, 3.05) is 13.7 Å². The number of benzene rings is 1. The molecule has 6 heteroatoms. The van der Waals surface area contributed by atoms with Gasteiger partial charge in [0.25, 0.3) is 5.91 Å². The quantitative estimate of drug-likeness (QED) is 0.862. The molecule has 0 aliphatic carbocycles. The van der Waals surface area contributed by atoms with Crippen molar-refractivity contribution < 1.29 is 19.1 Å². The molecule has 1 amide bonds. The summed E-state index contributed by atoms with van der Waals surface area (Å²) in [6.07, 6.45) is 0. The zero-order valence-corrected chi connectivity index (χ0v) is 13.0. The lowest BCUT2D eigenvalue weighted by atomic mass is 10.2. The van der Waals surface area contributed by atoms with Gasteiger partial charge in [-0.2, -0.15) is 0 Å². The molecule has 0 saturated carbocycles. The Morgan fingerprint density at radius 3 is 2.76 bits per heavy atom. The second kappa shape index (κ2) is 6.58. The van der Waals surface area contributed by atoms with Crippen LogP contribution in [-0.2, 0) is 9.53 Å². The minimum atomic E-state index is -0.375. The van der Waals surface area contributed by atoms with Gasteiger partial charge in [-0.25, -0.2) is 4.79 Å². The molecule has 2 aromatic rings. The number of amides is 1. The first kappa shape index (κ1) is 15.3. The Morgan fingerprint density at radius 1 is 1.33 bits per heavy atom. The predicted molar refractivity (Wildman–Crippen MR) is 81.9 cm³/mol. The van der Waals surface area contributed by atoms with E-state index in [0.29, 0.717) is 10.6 Å². The zero-order chi connectivity index (χ0) is 15.4. The van der Waals surface area contributed by atoms with Gasteiger partial charge >= 0.3 is 5.97 Å². The van der Waals surface area contributed by atoms with Crippen molar-refractivity contribution in [3.63, 3.8) is 0 Å². The van der Waals surface area contributed by atoms with E-state index in [1.54, 1.807) is 12.1 Å². The van der Waals surface area contributed by atoms with Crippen LogP contribution < -0.4 is 10.1 Å². The van der Waals surface area contributed by atoms with Crippen LogP contribution in [0.5, 0.6) is 5.75 Å². The summed E-state index contributed by atoms with van der Waals surface area (Å²) in [6, 6.07) is 7.30. The van der Waals surface area contributed by atoms with Crippen molar-refractivity contribution in [2.24, 2.45) is 0 Å². The van der Waals surface area contributed by atoms with Crippen molar-refractivity contribution in [3.05, 3.63) is 29.1 Å². The van der Waals surface area contributed by atoms with Crippen LogP contribution in [0.2, 0.25) is 0 Å². The van der Waals surface area contributed by atoms with Gasteiger partial charge in [-0.05, 0) is 32.0 Å². The second-order valence-corrected chi connectivity index (χ2v) is 5.86. The highest BCUT2D eigenvalue weighted by atomic mass is 32.1. The molecule has 2 rings (SSSR count). The highest BCUT2D eigenvalue weighted by Gasteiger charge is 2.14. The molecule has 0 unspecified atom stereocenters. The molecule has 0 aliphatic rings. The number of carbonyl (C=O) groups excluding carboxylic acids is 2. The van der Waals surface area contributed by atoms with Crippen molar-refractivity contribution >= 4 is 33.3 Å². The van der Waals surface area contributed by atoms with Crippen LogP contribution in [-0.4, -0.2) is 31.6 Å². The van der Waals surface area contributed by atoms with E-state index in [1.807, 2.05) is 26.0 Å². The fourth-order valence-corrected chi connectivity index (χ4v) is 2.86. The van der Waals surface area contributed by atoms with Gasteiger partial charge in [0.05, 0.1) is 7.11 Å². The van der Waals surface area contributed by atoms with Gasteiger partial charge < -0.3 is 14.8 Å². The van der Waals surface area contributed by atoms with Crippen LogP contribution in [0.1, 0.15) is 23.5 Å². The Kier molecular flexibility index (Phi) is 4.80. The summed E-state index contributed by atoms with van der Waals surface area (Å²) >= 11 is 1.33. The highest BCUT2D eigenvalue weighted by Crippen LogP contribution is 2.33. The lowest BCUT2D eigenvalue weighted by Gasteiger charge is -2.10. The Balaban J connectivity index is 2.18. The van der Waals surface area contributed by atoms with Crippen molar-refractivity contribution in [1.29, 1.82) is 0 Å². The Labute approximate surface area is 126 Å².